The number of hydrogen-bond donors (Lipinski definition) is 3. The van der Waals surface area contributed by atoms with Gasteiger partial charge in [0, 0.05) is 12.7 Å². The molecule has 0 aliphatic carbocycles. The fraction of sp³-hybridized carbons (Fsp3) is 0.133. The number of nitrogens with zero attached hydrogens (tertiary/aromatic N) is 1. The van der Waals surface area contributed by atoms with Crippen LogP contribution in [0, 0.1) is 0 Å². The van der Waals surface area contributed by atoms with Crippen LogP contribution >= 0.6 is 11.6 Å². The number of aromatic nitrogens is 1. The van der Waals surface area contributed by atoms with Crippen molar-refractivity contribution in [3.8, 4) is 0 Å². The average Bonchev–Trinajstić information content (AvgIpc) is 2.56. The van der Waals surface area contributed by atoms with Crippen LogP contribution in [0.15, 0.2) is 47.5 Å². The smallest absolute Gasteiger partial charge is 0.314 e. The zero-order valence-corrected chi connectivity index (χ0v) is 14.5. The predicted octanol–water partition coefficient (Wildman–Crippen LogP) is 0.680. The van der Waals surface area contributed by atoms with Crippen molar-refractivity contribution in [3.05, 3.63) is 53.2 Å². The van der Waals surface area contributed by atoms with Crippen molar-refractivity contribution in [2.75, 3.05) is 11.9 Å². The van der Waals surface area contributed by atoms with Crippen molar-refractivity contribution in [1.82, 2.24) is 10.3 Å². The highest BCUT2D eigenvalue weighted by Crippen LogP contribution is 2.10. The predicted molar refractivity (Wildman–Crippen MR) is 92.4 cm³/mol. The summed E-state index contributed by atoms with van der Waals surface area (Å²) in [4.78, 5) is 27.3. The van der Waals surface area contributed by atoms with Crippen molar-refractivity contribution in [2.45, 2.75) is 11.3 Å². The molecule has 0 aliphatic rings. The van der Waals surface area contributed by atoms with Crippen LogP contribution in [0.3, 0.4) is 0 Å². The van der Waals surface area contributed by atoms with E-state index < -0.39 is 21.8 Å². The maximum absolute atomic E-state index is 11.7. The van der Waals surface area contributed by atoms with Crippen molar-refractivity contribution in [1.29, 1.82) is 0 Å². The normalized spacial score (nSPS) is 11.0. The maximum Gasteiger partial charge on any atom is 0.314 e. The molecule has 2 aromatic rings. The molecule has 1 heterocycles. The number of nitrogens with two attached hydrogens (primary N) is 1. The lowest BCUT2D eigenvalue weighted by molar-refractivity contribution is -0.136. The summed E-state index contributed by atoms with van der Waals surface area (Å²) in [5, 5.41) is 10.2. The van der Waals surface area contributed by atoms with E-state index in [4.69, 9.17) is 16.7 Å². The van der Waals surface area contributed by atoms with Crippen LogP contribution in [0.2, 0.25) is 5.02 Å². The first-order valence-electron chi connectivity index (χ1n) is 7.08. The maximum atomic E-state index is 11.7. The molecule has 0 saturated heterocycles. The van der Waals surface area contributed by atoms with E-state index in [1.54, 1.807) is 12.1 Å². The summed E-state index contributed by atoms with van der Waals surface area (Å²) < 4.78 is 22.3. The first-order chi connectivity index (χ1) is 11.8. The van der Waals surface area contributed by atoms with Crippen molar-refractivity contribution < 1.29 is 18.0 Å². The van der Waals surface area contributed by atoms with E-state index in [9.17, 15) is 18.0 Å². The molecular formula is C15H15ClN4O4S. The van der Waals surface area contributed by atoms with E-state index in [0.29, 0.717) is 11.4 Å². The molecule has 0 fully saturated rings. The van der Waals surface area contributed by atoms with Gasteiger partial charge < -0.3 is 10.6 Å². The Morgan fingerprint density at radius 3 is 2.32 bits per heavy atom. The molecule has 1 aromatic carbocycles. The van der Waals surface area contributed by atoms with Gasteiger partial charge in [0.2, 0.25) is 10.0 Å². The highest BCUT2D eigenvalue weighted by atomic mass is 35.5. The zero-order valence-electron chi connectivity index (χ0n) is 12.9. The summed E-state index contributed by atoms with van der Waals surface area (Å²) >= 11 is 5.68. The van der Waals surface area contributed by atoms with Crippen LogP contribution in [0.5, 0.6) is 0 Å². The van der Waals surface area contributed by atoms with Crippen molar-refractivity contribution >= 4 is 39.3 Å². The van der Waals surface area contributed by atoms with Crippen LogP contribution in [-0.2, 0) is 26.0 Å². The number of pyridine rings is 1. The first-order valence-corrected chi connectivity index (χ1v) is 9.00. The standard InChI is InChI=1S/C15H15ClN4O4S/c16-11-3-6-13(19-9-11)20-15(22)14(21)18-8-7-10-1-4-12(5-2-10)25(17,23)24/h1-6,9H,7-8H2,(H,18,21)(H2,17,23,24)(H,19,20,22). The number of hydrogen-bond acceptors (Lipinski definition) is 5. The molecule has 2 amide bonds. The van der Waals surface area contributed by atoms with Crippen molar-refractivity contribution in [3.63, 3.8) is 0 Å². The SMILES string of the molecule is NS(=O)(=O)c1ccc(CCNC(=O)C(=O)Nc2ccc(Cl)cn2)cc1. The molecule has 0 unspecified atom stereocenters. The van der Waals surface area contributed by atoms with Gasteiger partial charge in [0.05, 0.1) is 9.92 Å². The fourth-order valence-electron chi connectivity index (χ4n) is 1.87. The lowest BCUT2D eigenvalue weighted by Crippen LogP contribution is -2.36. The largest absolute Gasteiger partial charge is 0.347 e. The van der Waals surface area contributed by atoms with Gasteiger partial charge in [-0.05, 0) is 36.2 Å². The minimum absolute atomic E-state index is 0.00938. The summed E-state index contributed by atoms with van der Waals surface area (Å²) in [6.45, 7) is 0.203. The zero-order chi connectivity index (χ0) is 18.4. The number of benzene rings is 1. The molecule has 0 saturated carbocycles. The van der Waals surface area contributed by atoms with E-state index in [0.717, 1.165) is 5.56 Å². The Hall–Kier alpha value is -2.49. The number of rotatable bonds is 5. The van der Waals surface area contributed by atoms with Crippen LogP contribution < -0.4 is 15.8 Å². The Balaban J connectivity index is 1.81. The van der Waals surface area contributed by atoms with E-state index in [1.165, 1.54) is 30.5 Å². The summed E-state index contributed by atoms with van der Waals surface area (Å²) in [5.41, 5.74) is 0.785. The number of carbonyl (C=O) groups is 2. The molecule has 132 valence electrons. The number of carbonyl (C=O) groups excluding carboxylic acids is 2. The second-order valence-electron chi connectivity index (χ2n) is 5.01. The van der Waals surface area contributed by atoms with Gasteiger partial charge >= 0.3 is 11.8 Å². The summed E-state index contributed by atoms with van der Waals surface area (Å²) in [6, 6.07) is 8.94. The Morgan fingerprint density at radius 2 is 1.76 bits per heavy atom. The third kappa shape index (κ3) is 5.82. The Labute approximate surface area is 149 Å². The molecular weight excluding hydrogens is 368 g/mol. The Bertz CT molecular complexity index is 867. The number of amides is 2. The molecule has 1 aromatic heterocycles. The van der Waals surface area contributed by atoms with Gasteiger partial charge in [-0.15, -0.1) is 0 Å². The number of halogens is 1. The quantitative estimate of drug-likeness (QED) is 0.654. The minimum Gasteiger partial charge on any atom is -0.347 e. The topological polar surface area (TPSA) is 131 Å². The lowest BCUT2D eigenvalue weighted by atomic mass is 10.1. The average molecular weight is 383 g/mol. The van der Waals surface area contributed by atoms with E-state index in [1.807, 2.05) is 0 Å². The van der Waals surface area contributed by atoms with Crippen molar-refractivity contribution in [2.24, 2.45) is 5.14 Å². The first kappa shape index (κ1) is 18.8. The van der Waals surface area contributed by atoms with Crippen LogP contribution in [0.4, 0.5) is 5.82 Å². The van der Waals surface area contributed by atoms with Crippen LogP contribution in [0.1, 0.15) is 5.56 Å². The molecule has 2 rings (SSSR count). The van der Waals surface area contributed by atoms with Gasteiger partial charge in [0.1, 0.15) is 5.82 Å². The molecule has 4 N–H and O–H groups in total. The highest BCUT2D eigenvalue weighted by Gasteiger charge is 2.13. The van der Waals surface area contributed by atoms with Gasteiger partial charge in [0.15, 0.2) is 0 Å². The second-order valence-corrected chi connectivity index (χ2v) is 7.01. The van der Waals surface area contributed by atoms with Crippen LogP contribution in [-0.4, -0.2) is 31.8 Å². The molecule has 8 nitrogen and oxygen atoms in total. The molecule has 25 heavy (non-hydrogen) atoms. The molecule has 0 aliphatic heterocycles. The third-order valence-electron chi connectivity index (χ3n) is 3.13. The summed E-state index contributed by atoms with van der Waals surface area (Å²) in [6.07, 6.45) is 1.77. The molecule has 0 radical (unpaired) electrons. The molecule has 0 atom stereocenters. The second kappa shape index (κ2) is 8.06. The van der Waals surface area contributed by atoms with Gasteiger partial charge in [-0.3, -0.25) is 9.59 Å². The van der Waals surface area contributed by atoms with E-state index in [-0.39, 0.29) is 17.3 Å². The molecule has 0 spiro atoms. The fourth-order valence-corrected chi connectivity index (χ4v) is 2.50. The van der Waals surface area contributed by atoms with Crippen LogP contribution in [0.25, 0.3) is 0 Å². The lowest BCUT2D eigenvalue weighted by Gasteiger charge is -2.06. The van der Waals surface area contributed by atoms with Gasteiger partial charge in [-0.2, -0.15) is 0 Å². The molecule has 0 bridgehead atoms. The monoisotopic (exact) mass is 382 g/mol. The molecule has 10 heteroatoms. The minimum atomic E-state index is -3.73. The van der Waals surface area contributed by atoms with Gasteiger partial charge in [-0.1, -0.05) is 23.7 Å². The number of anilines is 1. The summed E-state index contributed by atoms with van der Waals surface area (Å²) in [7, 11) is -3.73. The Kier molecular flexibility index (Phi) is 6.07. The number of nitrogens with one attached hydrogen (secondary N) is 2. The number of primary sulfonamides is 1. The third-order valence-corrected chi connectivity index (χ3v) is 4.28. The van der Waals surface area contributed by atoms with E-state index in [2.05, 4.69) is 15.6 Å². The summed E-state index contributed by atoms with van der Waals surface area (Å²) in [5.74, 6) is -1.44. The van der Waals surface area contributed by atoms with Gasteiger partial charge in [-0.25, -0.2) is 18.5 Å². The van der Waals surface area contributed by atoms with E-state index >= 15 is 0 Å². The number of sulfonamides is 1. The van der Waals surface area contributed by atoms with Gasteiger partial charge in [0.25, 0.3) is 0 Å². The Morgan fingerprint density at radius 1 is 1.08 bits per heavy atom. The highest BCUT2D eigenvalue weighted by molar-refractivity contribution is 7.89.